The first-order valence-corrected chi connectivity index (χ1v) is 12.7. The van der Waals surface area contributed by atoms with Gasteiger partial charge in [-0.05, 0) is 61.7 Å². The number of sulfonamides is 1. The summed E-state index contributed by atoms with van der Waals surface area (Å²) in [5.74, 6) is 1.60. The summed E-state index contributed by atoms with van der Waals surface area (Å²) < 4.78 is 38.0. The van der Waals surface area contributed by atoms with Crippen molar-refractivity contribution in [3.63, 3.8) is 0 Å². The Hall–Kier alpha value is -3.47. The van der Waals surface area contributed by atoms with E-state index in [0.29, 0.717) is 28.6 Å². The maximum absolute atomic E-state index is 13.2. The first-order valence-electron chi connectivity index (χ1n) is 11.2. The molecule has 1 amide bonds. The predicted molar refractivity (Wildman–Crippen MR) is 135 cm³/mol. The van der Waals surface area contributed by atoms with Crippen molar-refractivity contribution in [1.82, 2.24) is 9.71 Å². The second kappa shape index (κ2) is 8.95. The van der Waals surface area contributed by atoms with Crippen molar-refractivity contribution in [2.45, 2.75) is 36.1 Å². The van der Waals surface area contributed by atoms with Gasteiger partial charge >= 0.3 is 0 Å². The number of benzene rings is 2. The molecule has 0 radical (unpaired) electrons. The van der Waals surface area contributed by atoms with Crippen LogP contribution < -0.4 is 19.5 Å². The molecule has 188 valence electrons. The molecule has 0 bridgehead atoms. The van der Waals surface area contributed by atoms with Crippen molar-refractivity contribution in [2.75, 3.05) is 18.7 Å². The first kappa shape index (κ1) is 23.3. The lowest BCUT2D eigenvalue weighted by Crippen LogP contribution is -2.34. The number of nitrogens with one attached hydrogen (secondary N) is 2. The van der Waals surface area contributed by atoms with Gasteiger partial charge in [-0.1, -0.05) is 24.3 Å². The van der Waals surface area contributed by atoms with Gasteiger partial charge in [0.2, 0.25) is 22.7 Å². The van der Waals surface area contributed by atoms with Crippen LogP contribution in [0.5, 0.6) is 11.5 Å². The third-order valence-electron chi connectivity index (χ3n) is 6.19. The highest BCUT2D eigenvalue weighted by molar-refractivity contribution is 7.89. The highest BCUT2D eigenvalue weighted by Gasteiger charge is 2.51. The molecule has 1 saturated carbocycles. The second-order valence-corrected chi connectivity index (χ2v) is 10.5. The zero-order valence-corrected chi connectivity index (χ0v) is 19.8. The SMILES string of the molecule is C[C@H](CO)NS(=O)(=O)c1ccc(-c2cccc(NC(=O)C3(c4ccc5c(c4)OCO5)CC3)n2)cc1.[HH].[HH].[HH]. The van der Waals surface area contributed by atoms with E-state index in [1.54, 1.807) is 37.3 Å². The van der Waals surface area contributed by atoms with E-state index in [1.807, 2.05) is 18.2 Å². The monoisotopic (exact) mass is 501 g/mol. The topological polar surface area (TPSA) is 127 Å². The highest BCUT2D eigenvalue weighted by atomic mass is 32.2. The smallest absolute Gasteiger partial charge is 0.240 e. The number of aromatic nitrogens is 1. The van der Waals surface area contributed by atoms with Gasteiger partial charge in [0.25, 0.3) is 0 Å². The predicted octanol–water partition coefficient (Wildman–Crippen LogP) is 3.54. The number of carbonyl (C=O) groups excluding carboxylic acids is 1. The molecule has 2 heterocycles. The van der Waals surface area contributed by atoms with Gasteiger partial charge in [0, 0.05) is 15.9 Å². The van der Waals surface area contributed by atoms with Crippen LogP contribution in [0.25, 0.3) is 11.3 Å². The largest absolute Gasteiger partial charge is 0.454 e. The number of aliphatic hydroxyl groups excluding tert-OH is 1. The molecule has 1 aliphatic carbocycles. The van der Waals surface area contributed by atoms with Gasteiger partial charge in [-0.25, -0.2) is 18.1 Å². The fraction of sp³-hybridized carbons (Fsp3) is 0.280. The molecule has 0 saturated heterocycles. The normalized spacial score (nSPS) is 16.5. The molecule has 2 aliphatic rings. The Kier molecular flexibility index (Phi) is 5.96. The Morgan fingerprint density at radius 1 is 1.11 bits per heavy atom. The van der Waals surface area contributed by atoms with E-state index < -0.39 is 21.5 Å². The molecule has 1 atom stereocenters. The van der Waals surface area contributed by atoms with Crippen molar-refractivity contribution >= 4 is 21.7 Å². The molecule has 2 aromatic carbocycles. The van der Waals surface area contributed by atoms with E-state index in [-0.39, 0.29) is 28.5 Å². The molecular weight excluding hydrogens is 470 g/mol. The van der Waals surface area contributed by atoms with E-state index in [0.717, 1.165) is 18.4 Å². The van der Waals surface area contributed by atoms with Gasteiger partial charge in [-0.15, -0.1) is 0 Å². The first-order chi connectivity index (χ1) is 16.8. The average molecular weight is 502 g/mol. The van der Waals surface area contributed by atoms with Crippen LogP contribution in [-0.2, 0) is 20.2 Å². The summed E-state index contributed by atoms with van der Waals surface area (Å²) in [4.78, 5) is 17.8. The fourth-order valence-electron chi connectivity index (χ4n) is 4.04. The van der Waals surface area contributed by atoms with Gasteiger partial charge < -0.3 is 19.9 Å². The van der Waals surface area contributed by atoms with Crippen molar-refractivity contribution in [1.29, 1.82) is 0 Å². The van der Waals surface area contributed by atoms with Crippen molar-refractivity contribution < 1.29 is 32.1 Å². The quantitative estimate of drug-likeness (QED) is 0.431. The number of amides is 1. The Labute approximate surface area is 207 Å². The molecule has 0 spiro atoms. The molecule has 3 N–H and O–H groups in total. The van der Waals surface area contributed by atoms with E-state index in [4.69, 9.17) is 14.6 Å². The molecular formula is C25H31N3O6S. The number of carbonyl (C=O) groups is 1. The minimum absolute atomic E-state index is 0. The van der Waals surface area contributed by atoms with Crippen LogP contribution in [0.4, 0.5) is 5.82 Å². The van der Waals surface area contributed by atoms with Crippen molar-refractivity contribution in [2.24, 2.45) is 0 Å². The van der Waals surface area contributed by atoms with Gasteiger partial charge in [-0.2, -0.15) is 0 Å². The Balaban J connectivity index is 0.00000169. The number of ether oxygens (including phenoxy) is 2. The molecule has 1 aromatic heterocycles. The van der Waals surface area contributed by atoms with Crippen molar-refractivity contribution in [3.8, 4) is 22.8 Å². The van der Waals surface area contributed by atoms with E-state index in [9.17, 15) is 13.2 Å². The van der Waals surface area contributed by atoms with Crippen LogP contribution in [0.3, 0.4) is 0 Å². The summed E-state index contributed by atoms with van der Waals surface area (Å²) in [6.45, 7) is 1.46. The molecule has 3 aromatic rings. The number of aliphatic hydroxyl groups is 1. The van der Waals surface area contributed by atoms with Gasteiger partial charge in [0.1, 0.15) is 5.82 Å². The molecule has 0 unspecified atom stereocenters. The van der Waals surface area contributed by atoms with Crippen LogP contribution >= 0.6 is 0 Å². The molecule has 1 fully saturated rings. The number of hydrogen-bond acceptors (Lipinski definition) is 7. The lowest BCUT2D eigenvalue weighted by atomic mass is 9.94. The third kappa shape index (κ3) is 4.60. The Morgan fingerprint density at radius 2 is 1.86 bits per heavy atom. The van der Waals surface area contributed by atoms with Crippen LogP contribution in [0.1, 0.15) is 29.6 Å². The molecule has 9 nitrogen and oxygen atoms in total. The standard InChI is InChI=1S/C25H25N3O6S.3H2/c1-16(14-29)28-35(31,32)19-8-5-17(6-9-19)20-3-2-4-23(26-20)27-24(30)25(11-12-25)18-7-10-21-22(13-18)34-15-33-21;;;/h2-10,13,16,28-29H,11-12,14-15H2,1H3,(H,26,27,30);3*1H/t16-;;;/m1.../s1. The number of anilines is 1. The van der Waals surface area contributed by atoms with Crippen LogP contribution in [0.2, 0.25) is 0 Å². The summed E-state index contributed by atoms with van der Waals surface area (Å²) in [6, 6.07) is 16.6. The summed E-state index contributed by atoms with van der Waals surface area (Å²) >= 11 is 0. The van der Waals surface area contributed by atoms with Gasteiger partial charge in [0.15, 0.2) is 11.5 Å². The summed E-state index contributed by atoms with van der Waals surface area (Å²) in [5, 5.41) is 12.0. The Morgan fingerprint density at radius 3 is 2.57 bits per heavy atom. The number of nitrogens with zero attached hydrogens (tertiary/aromatic N) is 1. The summed E-state index contributed by atoms with van der Waals surface area (Å²) in [6.07, 6.45) is 1.47. The lowest BCUT2D eigenvalue weighted by Gasteiger charge is -2.16. The van der Waals surface area contributed by atoms with Crippen LogP contribution in [0.15, 0.2) is 65.6 Å². The lowest BCUT2D eigenvalue weighted by molar-refractivity contribution is -0.118. The van der Waals surface area contributed by atoms with Crippen LogP contribution in [-0.4, -0.2) is 43.9 Å². The maximum atomic E-state index is 13.2. The molecule has 35 heavy (non-hydrogen) atoms. The molecule has 10 heteroatoms. The van der Waals surface area contributed by atoms with E-state index >= 15 is 0 Å². The minimum Gasteiger partial charge on any atom is -0.454 e. The molecule has 1 aliphatic heterocycles. The maximum Gasteiger partial charge on any atom is 0.240 e. The zero-order chi connectivity index (χ0) is 24.6. The number of hydrogen-bond donors (Lipinski definition) is 3. The Bertz CT molecular complexity index is 1390. The third-order valence-corrected chi connectivity index (χ3v) is 7.80. The number of pyridine rings is 1. The van der Waals surface area contributed by atoms with Crippen LogP contribution in [0, 0.1) is 0 Å². The average Bonchev–Trinajstić information content (AvgIpc) is 3.55. The van der Waals surface area contributed by atoms with Gasteiger partial charge in [0.05, 0.1) is 22.6 Å². The van der Waals surface area contributed by atoms with E-state index in [1.165, 1.54) is 12.1 Å². The van der Waals surface area contributed by atoms with Gasteiger partial charge in [-0.3, -0.25) is 4.79 Å². The van der Waals surface area contributed by atoms with E-state index in [2.05, 4.69) is 15.0 Å². The molecule has 5 rings (SSSR count). The second-order valence-electron chi connectivity index (χ2n) is 8.74. The number of rotatable bonds is 8. The number of fused-ring (bicyclic) bond motifs is 1. The zero-order valence-electron chi connectivity index (χ0n) is 19.0. The summed E-state index contributed by atoms with van der Waals surface area (Å²) in [5.41, 5.74) is 1.56. The minimum atomic E-state index is -3.74. The van der Waals surface area contributed by atoms with Crippen molar-refractivity contribution in [3.05, 3.63) is 66.2 Å². The highest BCUT2D eigenvalue weighted by Crippen LogP contribution is 2.51. The summed E-state index contributed by atoms with van der Waals surface area (Å²) in [7, 11) is -3.74. The fourth-order valence-corrected chi connectivity index (χ4v) is 5.28.